The third kappa shape index (κ3) is 3.39. The van der Waals surface area contributed by atoms with Gasteiger partial charge >= 0.3 is 0 Å². The second-order valence-electron chi connectivity index (χ2n) is 6.26. The van der Waals surface area contributed by atoms with E-state index < -0.39 is 0 Å². The summed E-state index contributed by atoms with van der Waals surface area (Å²) in [6, 6.07) is 10.2. The Morgan fingerprint density at radius 2 is 1.76 bits per heavy atom. The fourth-order valence-corrected chi connectivity index (χ4v) is 3.65. The van der Waals surface area contributed by atoms with Gasteiger partial charge in [0.05, 0.1) is 5.75 Å². The number of aryl methyl sites for hydroxylation is 3. The Morgan fingerprint density at radius 3 is 2.36 bits per heavy atom. The topological polar surface area (TPSA) is 52.7 Å². The number of hydrogen-bond acceptors (Lipinski definition) is 4. The molecule has 0 saturated carbocycles. The third-order valence-electron chi connectivity index (χ3n) is 4.50. The predicted molar refractivity (Wildman–Crippen MR) is 101 cm³/mol. The molecule has 0 aliphatic carbocycles. The van der Waals surface area contributed by atoms with Crippen LogP contribution in [0.3, 0.4) is 0 Å². The quantitative estimate of drug-likeness (QED) is 0.516. The summed E-state index contributed by atoms with van der Waals surface area (Å²) in [6.45, 7) is 7.96. The molecule has 6 heteroatoms. The van der Waals surface area contributed by atoms with Crippen LogP contribution in [0, 0.1) is 27.7 Å². The largest absolute Gasteiger partial charge is 0.351 e. The molecule has 0 aliphatic rings. The van der Waals surface area contributed by atoms with Crippen molar-refractivity contribution in [2.24, 2.45) is 7.05 Å². The van der Waals surface area contributed by atoms with E-state index in [0.29, 0.717) is 5.75 Å². The van der Waals surface area contributed by atoms with Gasteiger partial charge in [-0.15, -0.1) is 10.2 Å². The monoisotopic (exact) mass is 354 g/mol. The Bertz CT molecular complexity index is 922. The molecule has 3 aromatic rings. The molecule has 0 amide bonds. The average Bonchev–Trinajstić information content (AvgIpc) is 3.08. The number of rotatable bonds is 5. The lowest BCUT2D eigenvalue weighted by molar-refractivity contribution is 0.102. The molecular weight excluding hydrogens is 332 g/mol. The maximum Gasteiger partial charge on any atom is 0.196 e. The van der Waals surface area contributed by atoms with Crippen LogP contribution in [-0.2, 0) is 7.05 Å². The first-order chi connectivity index (χ1) is 11.9. The lowest BCUT2D eigenvalue weighted by Gasteiger charge is -2.08. The van der Waals surface area contributed by atoms with Crippen LogP contribution in [0.4, 0.5) is 0 Å². The van der Waals surface area contributed by atoms with E-state index in [4.69, 9.17) is 0 Å². The van der Waals surface area contributed by atoms with Crippen molar-refractivity contribution in [2.75, 3.05) is 5.75 Å². The molecular formula is C19H22N4OS. The Morgan fingerprint density at radius 1 is 1.08 bits per heavy atom. The van der Waals surface area contributed by atoms with Gasteiger partial charge in [-0.05, 0) is 45.9 Å². The summed E-state index contributed by atoms with van der Waals surface area (Å²) in [7, 11) is 1.98. The Kier molecular flexibility index (Phi) is 4.81. The molecule has 2 aromatic heterocycles. The maximum atomic E-state index is 12.6. The standard InChI is InChI=1S/C19H22N4OS/c1-12-6-8-16(9-7-12)23-15(4)20-21-19(23)25-11-18(24)17-10-13(2)22(5)14(17)3/h6-10H,11H2,1-5H3. The summed E-state index contributed by atoms with van der Waals surface area (Å²) in [4.78, 5) is 12.6. The molecule has 2 heterocycles. The first-order valence-corrected chi connectivity index (χ1v) is 9.15. The highest BCUT2D eigenvalue weighted by Crippen LogP contribution is 2.24. The van der Waals surface area contributed by atoms with Crippen LogP contribution in [0.2, 0.25) is 0 Å². The van der Waals surface area contributed by atoms with Crippen LogP contribution in [0.15, 0.2) is 35.5 Å². The van der Waals surface area contributed by atoms with Gasteiger partial charge in [-0.2, -0.15) is 0 Å². The zero-order valence-corrected chi connectivity index (χ0v) is 16.0. The van der Waals surface area contributed by atoms with Gasteiger partial charge in [0.15, 0.2) is 10.9 Å². The van der Waals surface area contributed by atoms with Crippen molar-refractivity contribution in [3.8, 4) is 5.69 Å². The van der Waals surface area contributed by atoms with Crippen LogP contribution >= 0.6 is 11.8 Å². The van der Waals surface area contributed by atoms with E-state index in [9.17, 15) is 4.79 Å². The highest BCUT2D eigenvalue weighted by molar-refractivity contribution is 7.99. The second-order valence-corrected chi connectivity index (χ2v) is 7.20. The zero-order chi connectivity index (χ0) is 18.1. The molecule has 25 heavy (non-hydrogen) atoms. The molecule has 3 rings (SSSR count). The van der Waals surface area contributed by atoms with Gasteiger partial charge in [0.25, 0.3) is 0 Å². The minimum absolute atomic E-state index is 0.113. The summed E-state index contributed by atoms with van der Waals surface area (Å²) in [6.07, 6.45) is 0. The SMILES string of the molecule is Cc1ccc(-n2c(C)nnc2SCC(=O)c2cc(C)n(C)c2C)cc1. The molecule has 0 unspecified atom stereocenters. The van der Waals surface area contributed by atoms with Gasteiger partial charge in [-0.3, -0.25) is 9.36 Å². The fourth-order valence-electron chi connectivity index (χ4n) is 2.77. The number of carbonyl (C=O) groups is 1. The molecule has 0 saturated heterocycles. The minimum atomic E-state index is 0.113. The Labute approximate surface area is 152 Å². The lowest BCUT2D eigenvalue weighted by atomic mass is 10.2. The molecule has 1 aromatic carbocycles. The average molecular weight is 354 g/mol. The molecule has 0 radical (unpaired) electrons. The van der Waals surface area contributed by atoms with Crippen molar-refractivity contribution in [3.05, 3.63) is 58.7 Å². The lowest BCUT2D eigenvalue weighted by Crippen LogP contribution is -2.06. The molecule has 0 aliphatic heterocycles. The highest BCUT2D eigenvalue weighted by atomic mass is 32.2. The highest BCUT2D eigenvalue weighted by Gasteiger charge is 2.17. The normalized spacial score (nSPS) is 11.1. The van der Waals surface area contributed by atoms with E-state index in [1.165, 1.54) is 17.3 Å². The van der Waals surface area contributed by atoms with E-state index >= 15 is 0 Å². The van der Waals surface area contributed by atoms with Gasteiger partial charge in [-0.1, -0.05) is 29.5 Å². The Hall–Kier alpha value is -2.34. The smallest absolute Gasteiger partial charge is 0.196 e. The van der Waals surface area contributed by atoms with Crippen molar-refractivity contribution in [3.63, 3.8) is 0 Å². The molecule has 0 fully saturated rings. The van der Waals surface area contributed by atoms with Gasteiger partial charge in [-0.25, -0.2) is 0 Å². The van der Waals surface area contributed by atoms with Crippen LogP contribution < -0.4 is 0 Å². The number of carbonyl (C=O) groups excluding carboxylic acids is 1. The van der Waals surface area contributed by atoms with Crippen molar-refractivity contribution in [1.82, 2.24) is 19.3 Å². The second kappa shape index (κ2) is 6.88. The fraction of sp³-hybridized carbons (Fsp3) is 0.316. The van der Waals surface area contributed by atoms with Gasteiger partial charge in [0.1, 0.15) is 5.82 Å². The maximum absolute atomic E-state index is 12.6. The molecule has 0 bridgehead atoms. The number of hydrogen-bond donors (Lipinski definition) is 0. The predicted octanol–water partition coefficient (Wildman–Crippen LogP) is 3.81. The third-order valence-corrected chi connectivity index (χ3v) is 5.42. The summed E-state index contributed by atoms with van der Waals surface area (Å²) in [5, 5.41) is 9.16. The number of Topliss-reactive ketones (excluding diaryl/α,β-unsaturated/α-hetero) is 1. The molecule has 0 N–H and O–H groups in total. The molecule has 0 atom stereocenters. The van der Waals surface area contributed by atoms with Crippen molar-refractivity contribution in [2.45, 2.75) is 32.9 Å². The van der Waals surface area contributed by atoms with Crippen molar-refractivity contribution in [1.29, 1.82) is 0 Å². The molecule has 5 nitrogen and oxygen atoms in total. The number of benzene rings is 1. The van der Waals surface area contributed by atoms with Gasteiger partial charge in [0, 0.05) is 29.7 Å². The summed E-state index contributed by atoms with van der Waals surface area (Å²) >= 11 is 1.42. The van der Waals surface area contributed by atoms with E-state index in [1.807, 2.05) is 55.2 Å². The summed E-state index contributed by atoms with van der Waals surface area (Å²) in [5.74, 6) is 1.27. The van der Waals surface area contributed by atoms with Crippen molar-refractivity contribution >= 4 is 17.5 Å². The van der Waals surface area contributed by atoms with Crippen LogP contribution in [0.1, 0.15) is 33.1 Å². The molecule has 0 spiro atoms. The number of aromatic nitrogens is 4. The summed E-state index contributed by atoms with van der Waals surface area (Å²) in [5.41, 5.74) is 5.08. The van der Waals surface area contributed by atoms with Gasteiger partial charge in [0.2, 0.25) is 0 Å². The minimum Gasteiger partial charge on any atom is -0.351 e. The zero-order valence-electron chi connectivity index (χ0n) is 15.2. The van der Waals surface area contributed by atoms with E-state index in [-0.39, 0.29) is 5.78 Å². The first kappa shape index (κ1) is 17.5. The van der Waals surface area contributed by atoms with Crippen LogP contribution in [0.25, 0.3) is 5.69 Å². The van der Waals surface area contributed by atoms with E-state index in [1.54, 1.807) is 0 Å². The van der Waals surface area contributed by atoms with Crippen LogP contribution in [0.5, 0.6) is 0 Å². The van der Waals surface area contributed by atoms with Gasteiger partial charge < -0.3 is 4.57 Å². The Balaban J connectivity index is 1.81. The molecule has 130 valence electrons. The van der Waals surface area contributed by atoms with Crippen LogP contribution in [-0.4, -0.2) is 30.9 Å². The number of ketones is 1. The summed E-state index contributed by atoms with van der Waals surface area (Å²) < 4.78 is 4.03. The van der Waals surface area contributed by atoms with E-state index in [2.05, 4.69) is 29.3 Å². The first-order valence-electron chi connectivity index (χ1n) is 8.16. The van der Waals surface area contributed by atoms with Crippen molar-refractivity contribution < 1.29 is 4.79 Å². The van der Waals surface area contributed by atoms with E-state index in [0.717, 1.165) is 33.6 Å². The number of nitrogens with zero attached hydrogens (tertiary/aromatic N) is 4. The number of thioether (sulfide) groups is 1.